The van der Waals surface area contributed by atoms with Crippen molar-refractivity contribution in [3.63, 3.8) is 0 Å². The van der Waals surface area contributed by atoms with Crippen LogP contribution in [0.5, 0.6) is 0 Å². The summed E-state index contributed by atoms with van der Waals surface area (Å²) in [6, 6.07) is 95.4. The Morgan fingerprint density at radius 3 is 1.84 bits per heavy atom. The molecule has 0 fully saturated rings. The largest absolute Gasteiger partial charge is 0.330 e. The second kappa shape index (κ2) is 23.4. The molecule has 2 atom stereocenters. The van der Waals surface area contributed by atoms with Gasteiger partial charge in [0.1, 0.15) is 0 Å². The summed E-state index contributed by atoms with van der Waals surface area (Å²) in [5.41, 5.74) is 29.8. The number of aryl methyl sites for hydroxylation is 2. The Balaban J connectivity index is 0.000000331. The third-order valence-electron chi connectivity index (χ3n) is 20.0. The Bertz CT molecular complexity index is 4630. The molecular weight excluding hydrogens is 1070 g/mol. The topological polar surface area (TPSA) is 3.24 Å². The molecule has 0 radical (unpaired) electrons. The number of para-hydroxylation sites is 1. The van der Waals surface area contributed by atoms with Gasteiger partial charge in [0.15, 0.2) is 0 Å². The second-order valence-electron chi connectivity index (χ2n) is 25.3. The first kappa shape index (κ1) is 57.0. The van der Waals surface area contributed by atoms with Crippen molar-refractivity contribution >= 4 is 33.3 Å². The highest BCUT2D eigenvalue weighted by molar-refractivity contribution is 6.04. The highest BCUT2D eigenvalue weighted by atomic mass is 15.2. The minimum atomic E-state index is -0.574. The molecule has 434 valence electrons. The highest BCUT2D eigenvalue weighted by Crippen LogP contribution is 2.64. The lowest BCUT2D eigenvalue weighted by atomic mass is 9.67. The Morgan fingerprint density at radius 1 is 0.483 bits per heavy atom. The van der Waals surface area contributed by atoms with Crippen LogP contribution >= 0.6 is 0 Å². The molecule has 2 unspecified atom stereocenters. The number of anilines is 2. The van der Waals surface area contributed by atoms with Gasteiger partial charge in [0.2, 0.25) is 0 Å². The van der Waals surface area contributed by atoms with Gasteiger partial charge in [-0.3, -0.25) is 0 Å². The normalized spacial score (nSPS) is 17.4. The fourth-order valence-electron chi connectivity index (χ4n) is 15.8. The van der Waals surface area contributed by atoms with E-state index < -0.39 is 5.41 Å². The predicted octanol–water partition coefficient (Wildman–Crippen LogP) is 22.6. The standard InChI is InChI=1S/C70H55N.C16H16.C2H6/c1-3-49-22-13-14-30-57(49)51-25-19-21-48(37-38-51)45-53-39-41-59(60-32-16-15-31-58(53)60)54-40-42-62-65(47-54)70(55-26-9-5-10-27-55,56-28-11-6-12-29-56)63-34-20-36-67(68(62)63)71-66-35-18-17-33-61(66)64-46-52(43-44-69(64,71)2)50-23-7-4-8-24-50;1-11-8-9-13-12-6-4-5-7-14(12)16(2,3)15(13)10-11;1-2/h4-18,20,22-24,26-42,46-47,52H,3,21,43-45H2,1-2H3;4-10H,1-3H3;1-2H3. The number of benzene rings is 11. The summed E-state index contributed by atoms with van der Waals surface area (Å²) in [7, 11) is 0. The Hall–Kier alpha value is -9.74. The number of rotatable bonds is 9. The van der Waals surface area contributed by atoms with Crippen LogP contribution in [0.25, 0.3) is 55.3 Å². The maximum Gasteiger partial charge on any atom is 0.0714 e. The summed E-state index contributed by atoms with van der Waals surface area (Å²) in [6.07, 6.45) is 11.9. The lowest BCUT2D eigenvalue weighted by molar-refractivity contribution is 0.488. The second-order valence-corrected chi connectivity index (χ2v) is 25.3. The van der Waals surface area contributed by atoms with E-state index in [4.69, 9.17) is 0 Å². The van der Waals surface area contributed by atoms with Crippen molar-refractivity contribution in [3.8, 4) is 45.2 Å². The zero-order chi connectivity index (χ0) is 60.9. The van der Waals surface area contributed by atoms with E-state index in [0.717, 1.165) is 37.7 Å². The van der Waals surface area contributed by atoms with Crippen molar-refractivity contribution < 1.29 is 0 Å². The van der Waals surface area contributed by atoms with Gasteiger partial charge in [-0.05, 0) is 164 Å². The molecule has 0 spiro atoms. The smallest absolute Gasteiger partial charge is 0.0714 e. The molecule has 1 heteroatoms. The van der Waals surface area contributed by atoms with Gasteiger partial charge in [-0.1, -0.05) is 306 Å². The van der Waals surface area contributed by atoms with Crippen LogP contribution < -0.4 is 4.90 Å². The molecule has 11 aromatic rings. The molecule has 16 rings (SSSR count). The van der Waals surface area contributed by atoms with Crippen LogP contribution in [0.15, 0.2) is 279 Å². The fourth-order valence-corrected chi connectivity index (χ4v) is 15.8. The van der Waals surface area contributed by atoms with E-state index in [2.05, 4.69) is 324 Å². The Morgan fingerprint density at radius 2 is 1.09 bits per heavy atom. The molecule has 0 saturated heterocycles. The molecule has 89 heavy (non-hydrogen) atoms. The van der Waals surface area contributed by atoms with E-state index in [-0.39, 0.29) is 11.0 Å². The molecule has 0 N–H and O–H groups in total. The molecular formula is C88H77N. The molecule has 5 aliphatic rings. The zero-order valence-electron chi connectivity index (χ0n) is 52.5. The monoisotopic (exact) mass is 1150 g/mol. The lowest BCUT2D eigenvalue weighted by Crippen LogP contribution is -2.42. The number of hydrogen-bond acceptors (Lipinski definition) is 1. The molecule has 0 bridgehead atoms. The average Bonchev–Trinajstić information content (AvgIpc) is 1.53. The van der Waals surface area contributed by atoms with Crippen LogP contribution in [0, 0.1) is 18.8 Å². The van der Waals surface area contributed by atoms with Gasteiger partial charge in [-0.2, -0.15) is 0 Å². The van der Waals surface area contributed by atoms with Crippen molar-refractivity contribution in [2.45, 2.75) is 103 Å². The zero-order valence-corrected chi connectivity index (χ0v) is 52.5. The first-order valence-corrected chi connectivity index (χ1v) is 32.4. The number of fused-ring (bicyclic) bond motifs is 10. The third kappa shape index (κ3) is 9.55. The quantitative estimate of drug-likeness (QED) is 0.130. The average molecular weight is 1150 g/mol. The molecule has 1 heterocycles. The number of hydrogen-bond donors (Lipinski definition) is 0. The van der Waals surface area contributed by atoms with Crippen molar-refractivity contribution in [1.82, 2.24) is 0 Å². The first-order chi connectivity index (χ1) is 43.6. The van der Waals surface area contributed by atoms with Crippen LogP contribution in [0.4, 0.5) is 11.4 Å². The highest BCUT2D eigenvalue weighted by Gasteiger charge is 2.52. The Kier molecular flexibility index (Phi) is 15.0. The minimum Gasteiger partial charge on any atom is -0.330 e. The van der Waals surface area contributed by atoms with E-state index >= 15 is 0 Å². The molecule has 1 aliphatic heterocycles. The van der Waals surface area contributed by atoms with E-state index in [1.165, 1.54) is 133 Å². The molecule has 4 aliphatic carbocycles. The van der Waals surface area contributed by atoms with Gasteiger partial charge in [0, 0.05) is 40.1 Å². The van der Waals surface area contributed by atoms with Crippen molar-refractivity contribution in [1.29, 1.82) is 0 Å². The summed E-state index contributed by atoms with van der Waals surface area (Å²) in [5.74, 6) is 7.42. The van der Waals surface area contributed by atoms with Crippen molar-refractivity contribution in [2.75, 3.05) is 4.90 Å². The van der Waals surface area contributed by atoms with Gasteiger partial charge in [-0.15, -0.1) is 0 Å². The van der Waals surface area contributed by atoms with E-state index in [1.807, 2.05) is 13.8 Å². The minimum absolute atomic E-state index is 0.151. The van der Waals surface area contributed by atoms with Crippen LogP contribution in [0.2, 0.25) is 0 Å². The van der Waals surface area contributed by atoms with Gasteiger partial charge < -0.3 is 4.90 Å². The van der Waals surface area contributed by atoms with Crippen LogP contribution in [0.1, 0.15) is 133 Å². The number of nitrogens with zero attached hydrogens (tertiary/aromatic N) is 1. The third-order valence-corrected chi connectivity index (χ3v) is 20.0. The lowest BCUT2D eigenvalue weighted by Gasteiger charge is -2.43. The number of allylic oxidation sites excluding steroid dienone is 5. The molecule has 0 amide bonds. The molecule has 0 saturated carbocycles. The van der Waals surface area contributed by atoms with Crippen LogP contribution in [-0.4, -0.2) is 5.54 Å². The Labute approximate surface area is 528 Å². The SMILES string of the molecule is CC.CCc1ccccc1C1=CC=C(Cc2ccc(-c3ccc4c(c3)C(c3ccccc3)(c3ccccc3)c3cccc(N5c6ccccc6C6=CC(c7ccccc7)CCC65C)c3-4)c3ccccc23)CC#C1.Cc1ccc2c(c1)C(C)(C)c1ccccc1-2. The van der Waals surface area contributed by atoms with Gasteiger partial charge in [-0.25, -0.2) is 0 Å². The molecule has 0 aromatic heterocycles. The fraction of sp³-hybridized carbons (Fsp3) is 0.182. The van der Waals surface area contributed by atoms with E-state index in [0.29, 0.717) is 5.92 Å². The van der Waals surface area contributed by atoms with Gasteiger partial charge in [0.05, 0.1) is 16.6 Å². The van der Waals surface area contributed by atoms with Crippen LogP contribution in [-0.2, 0) is 23.7 Å². The van der Waals surface area contributed by atoms with Crippen molar-refractivity contribution in [3.05, 3.63) is 345 Å². The van der Waals surface area contributed by atoms with Crippen molar-refractivity contribution in [2.24, 2.45) is 0 Å². The summed E-state index contributed by atoms with van der Waals surface area (Å²) >= 11 is 0. The van der Waals surface area contributed by atoms with Gasteiger partial charge >= 0.3 is 0 Å². The van der Waals surface area contributed by atoms with E-state index in [1.54, 1.807) is 0 Å². The summed E-state index contributed by atoms with van der Waals surface area (Å²) < 4.78 is 0. The maximum atomic E-state index is 3.53. The summed E-state index contributed by atoms with van der Waals surface area (Å²) in [6.45, 7) is 15.5. The predicted molar refractivity (Wildman–Crippen MR) is 378 cm³/mol. The molecule has 11 aromatic carbocycles. The van der Waals surface area contributed by atoms with E-state index in [9.17, 15) is 0 Å². The summed E-state index contributed by atoms with van der Waals surface area (Å²) in [4.78, 5) is 2.72. The van der Waals surface area contributed by atoms with Crippen LogP contribution in [0.3, 0.4) is 0 Å². The van der Waals surface area contributed by atoms with Gasteiger partial charge in [0.25, 0.3) is 0 Å². The molecule has 1 nitrogen and oxygen atoms in total. The maximum absolute atomic E-state index is 3.53. The first-order valence-electron chi connectivity index (χ1n) is 32.4. The summed E-state index contributed by atoms with van der Waals surface area (Å²) in [5, 5.41) is 2.56.